The summed E-state index contributed by atoms with van der Waals surface area (Å²) in [6, 6.07) is 6.99. The van der Waals surface area contributed by atoms with Gasteiger partial charge in [0.1, 0.15) is 6.04 Å². The Morgan fingerprint density at radius 3 is 2.30 bits per heavy atom. The first kappa shape index (κ1) is 25.4. The molecule has 168 valence electrons. The Morgan fingerprint density at radius 1 is 1.03 bits per heavy atom. The fourth-order valence-corrected chi connectivity index (χ4v) is 4.00. The number of hydrogen-bond donors (Lipinski definition) is 5. The molecule has 0 aliphatic rings. The van der Waals surface area contributed by atoms with Gasteiger partial charge in [0.05, 0.1) is 5.75 Å². The van der Waals surface area contributed by atoms with E-state index in [1.165, 1.54) is 0 Å². The van der Waals surface area contributed by atoms with Crippen LogP contribution in [0, 0.1) is 0 Å². The predicted molar refractivity (Wildman–Crippen MR) is 115 cm³/mol. The molecule has 0 saturated heterocycles. The number of guanidine groups is 1. The van der Waals surface area contributed by atoms with Gasteiger partial charge in [-0.1, -0.05) is 49.6 Å². The SMILES string of the molecule is NC(N)=NCCCCCCCC(=O)NCC(NS(=O)(=O)Cc1ccccc1)C(=O)O. The van der Waals surface area contributed by atoms with Gasteiger partial charge in [-0.25, -0.2) is 8.42 Å². The zero-order valence-corrected chi connectivity index (χ0v) is 17.7. The molecule has 0 aliphatic heterocycles. The van der Waals surface area contributed by atoms with Crippen molar-refractivity contribution in [3.05, 3.63) is 35.9 Å². The molecule has 0 bridgehead atoms. The summed E-state index contributed by atoms with van der Waals surface area (Å²) >= 11 is 0. The van der Waals surface area contributed by atoms with Gasteiger partial charge in [0.15, 0.2) is 5.96 Å². The van der Waals surface area contributed by atoms with Crippen LogP contribution in [0.3, 0.4) is 0 Å². The highest BCUT2D eigenvalue weighted by Gasteiger charge is 2.24. The third-order valence-electron chi connectivity index (χ3n) is 4.18. The molecule has 0 fully saturated rings. The summed E-state index contributed by atoms with van der Waals surface area (Å²) in [4.78, 5) is 27.2. The molecule has 1 unspecified atom stereocenters. The van der Waals surface area contributed by atoms with E-state index in [1.807, 2.05) is 0 Å². The van der Waals surface area contributed by atoms with E-state index < -0.39 is 22.0 Å². The fourth-order valence-electron chi connectivity index (χ4n) is 2.67. The second kappa shape index (κ2) is 13.5. The molecule has 10 nitrogen and oxygen atoms in total. The van der Waals surface area contributed by atoms with E-state index in [4.69, 9.17) is 11.5 Å². The number of carbonyl (C=O) groups excluding carboxylic acids is 1. The number of carboxylic acids is 1. The summed E-state index contributed by atoms with van der Waals surface area (Å²) < 4.78 is 26.5. The van der Waals surface area contributed by atoms with Crippen LogP contribution in [-0.2, 0) is 25.4 Å². The quantitative estimate of drug-likeness (QED) is 0.147. The predicted octanol–water partition coefficient (Wildman–Crippen LogP) is 0.289. The van der Waals surface area contributed by atoms with Crippen LogP contribution in [0.4, 0.5) is 0 Å². The molecule has 11 heteroatoms. The maximum Gasteiger partial charge on any atom is 0.323 e. The number of rotatable bonds is 15. The lowest BCUT2D eigenvalue weighted by molar-refractivity contribution is -0.138. The summed E-state index contributed by atoms with van der Waals surface area (Å²) in [6.45, 7) is 0.264. The van der Waals surface area contributed by atoms with Gasteiger partial charge in [-0.2, -0.15) is 4.72 Å². The zero-order valence-electron chi connectivity index (χ0n) is 16.9. The van der Waals surface area contributed by atoms with Crippen molar-refractivity contribution >= 4 is 27.9 Å². The first-order chi connectivity index (χ1) is 14.2. The Hall–Kier alpha value is -2.66. The smallest absolute Gasteiger partial charge is 0.323 e. The molecular formula is C19H31N5O5S. The van der Waals surface area contributed by atoms with E-state index >= 15 is 0 Å². The van der Waals surface area contributed by atoms with E-state index in [9.17, 15) is 23.1 Å². The minimum absolute atomic E-state index is 0.0775. The van der Waals surface area contributed by atoms with Crippen molar-refractivity contribution in [2.24, 2.45) is 16.5 Å². The summed E-state index contributed by atoms with van der Waals surface area (Å²) in [6.07, 6.45) is 4.50. The lowest BCUT2D eigenvalue weighted by atomic mass is 10.1. The highest BCUT2D eigenvalue weighted by Crippen LogP contribution is 2.06. The number of nitrogens with two attached hydrogens (primary N) is 2. The van der Waals surface area contributed by atoms with Crippen LogP contribution < -0.4 is 21.5 Å². The van der Waals surface area contributed by atoms with E-state index in [0.717, 1.165) is 25.7 Å². The average molecular weight is 442 g/mol. The molecule has 1 amide bonds. The van der Waals surface area contributed by atoms with Crippen LogP contribution in [0.1, 0.15) is 44.1 Å². The molecule has 1 aromatic carbocycles. The largest absolute Gasteiger partial charge is 0.480 e. The Bertz CT molecular complexity index is 795. The first-order valence-electron chi connectivity index (χ1n) is 9.78. The van der Waals surface area contributed by atoms with Crippen LogP contribution in [0.15, 0.2) is 35.3 Å². The number of aliphatic carboxylic acids is 1. The molecule has 1 rings (SSSR count). The van der Waals surface area contributed by atoms with Crippen molar-refractivity contribution in [1.82, 2.24) is 10.0 Å². The molecule has 0 radical (unpaired) electrons. The van der Waals surface area contributed by atoms with E-state index in [0.29, 0.717) is 18.5 Å². The van der Waals surface area contributed by atoms with Gasteiger partial charge in [-0.15, -0.1) is 0 Å². The number of amides is 1. The normalized spacial score (nSPS) is 12.1. The number of benzene rings is 1. The molecule has 0 aliphatic carbocycles. The molecule has 30 heavy (non-hydrogen) atoms. The maximum atomic E-state index is 12.2. The maximum absolute atomic E-state index is 12.2. The van der Waals surface area contributed by atoms with Crippen LogP contribution in [0.5, 0.6) is 0 Å². The first-order valence-corrected chi connectivity index (χ1v) is 11.4. The molecule has 1 aromatic rings. The lowest BCUT2D eigenvalue weighted by Crippen LogP contribution is -2.48. The van der Waals surface area contributed by atoms with Gasteiger partial charge < -0.3 is 21.9 Å². The minimum Gasteiger partial charge on any atom is -0.480 e. The van der Waals surface area contributed by atoms with Gasteiger partial charge in [-0.05, 0) is 18.4 Å². The van der Waals surface area contributed by atoms with Crippen molar-refractivity contribution in [2.45, 2.75) is 50.3 Å². The number of carbonyl (C=O) groups is 2. The minimum atomic E-state index is -3.87. The zero-order chi connectivity index (χ0) is 22.4. The summed E-state index contributed by atoms with van der Waals surface area (Å²) in [5, 5.41) is 11.7. The van der Waals surface area contributed by atoms with Crippen LogP contribution >= 0.6 is 0 Å². The molecule has 0 heterocycles. The highest BCUT2D eigenvalue weighted by molar-refractivity contribution is 7.88. The number of unbranched alkanes of at least 4 members (excludes halogenated alkanes) is 4. The molecule has 0 spiro atoms. The van der Waals surface area contributed by atoms with E-state index in [1.54, 1.807) is 30.3 Å². The number of nitrogens with zero attached hydrogens (tertiary/aromatic N) is 1. The van der Waals surface area contributed by atoms with Crippen molar-refractivity contribution in [3.63, 3.8) is 0 Å². The van der Waals surface area contributed by atoms with Gasteiger partial charge in [0.2, 0.25) is 15.9 Å². The van der Waals surface area contributed by atoms with E-state index in [2.05, 4.69) is 15.0 Å². The fraction of sp³-hybridized carbons (Fsp3) is 0.526. The third kappa shape index (κ3) is 12.0. The molecule has 0 aromatic heterocycles. The molecular weight excluding hydrogens is 410 g/mol. The van der Waals surface area contributed by atoms with Crippen molar-refractivity contribution in [2.75, 3.05) is 13.1 Å². The Morgan fingerprint density at radius 2 is 1.67 bits per heavy atom. The highest BCUT2D eigenvalue weighted by atomic mass is 32.2. The van der Waals surface area contributed by atoms with Gasteiger partial charge >= 0.3 is 5.97 Å². The second-order valence-corrected chi connectivity index (χ2v) is 8.64. The number of carboxylic acid groups (broad SMARTS) is 1. The summed E-state index contributed by atoms with van der Waals surface area (Å²) in [5.74, 6) is -1.93. The standard InChI is InChI=1S/C19H31N5O5S/c20-19(21)22-12-8-3-1-2-7-11-17(25)23-13-16(18(26)27)24-30(28,29)14-15-9-5-4-6-10-15/h4-6,9-10,16,24H,1-3,7-8,11-14H2,(H,23,25)(H,26,27)(H4,20,21,22). The monoisotopic (exact) mass is 441 g/mol. The summed E-state index contributed by atoms with van der Waals surface area (Å²) in [5.41, 5.74) is 11.0. The number of sulfonamides is 1. The van der Waals surface area contributed by atoms with Gasteiger partial charge in [0, 0.05) is 19.5 Å². The van der Waals surface area contributed by atoms with Crippen molar-refractivity contribution in [3.8, 4) is 0 Å². The lowest BCUT2D eigenvalue weighted by Gasteiger charge is -2.15. The van der Waals surface area contributed by atoms with Gasteiger partial charge in [0.25, 0.3) is 0 Å². The number of hydrogen-bond acceptors (Lipinski definition) is 5. The summed E-state index contributed by atoms with van der Waals surface area (Å²) in [7, 11) is -3.87. The third-order valence-corrected chi connectivity index (χ3v) is 5.54. The van der Waals surface area contributed by atoms with Crippen molar-refractivity contribution in [1.29, 1.82) is 0 Å². The topological polar surface area (TPSA) is 177 Å². The Labute approximate surface area is 177 Å². The van der Waals surface area contributed by atoms with Crippen LogP contribution in [0.25, 0.3) is 0 Å². The molecule has 0 saturated carbocycles. The number of nitrogens with one attached hydrogen (secondary N) is 2. The van der Waals surface area contributed by atoms with Crippen LogP contribution in [-0.4, -0.2) is 50.5 Å². The Kier molecular flexibility index (Phi) is 11.5. The van der Waals surface area contributed by atoms with Crippen molar-refractivity contribution < 1.29 is 23.1 Å². The van der Waals surface area contributed by atoms with Gasteiger partial charge in [-0.3, -0.25) is 14.6 Å². The second-order valence-electron chi connectivity index (χ2n) is 6.88. The average Bonchev–Trinajstić information content (AvgIpc) is 2.67. The van der Waals surface area contributed by atoms with Crippen LogP contribution in [0.2, 0.25) is 0 Å². The molecule has 1 atom stereocenters. The molecule has 7 N–H and O–H groups in total. The number of aliphatic imine (C=N–C) groups is 1. The Balaban J connectivity index is 2.30. The van der Waals surface area contributed by atoms with E-state index in [-0.39, 0.29) is 30.6 Å².